The Balaban J connectivity index is 1.71. The van der Waals surface area contributed by atoms with Gasteiger partial charge in [0, 0.05) is 49.4 Å². The lowest BCUT2D eigenvalue weighted by atomic mass is 10.2. The van der Waals surface area contributed by atoms with Crippen molar-refractivity contribution in [1.29, 1.82) is 0 Å². The van der Waals surface area contributed by atoms with Crippen LogP contribution in [0.1, 0.15) is 17.7 Å². The van der Waals surface area contributed by atoms with Crippen LogP contribution in [0.2, 0.25) is 0 Å². The first-order chi connectivity index (χ1) is 11.3. The molecule has 1 N–H and O–H groups in total. The molecule has 0 bridgehead atoms. The Hall–Kier alpha value is -2.27. The number of hydrogen-bond donors (Lipinski definition) is 1. The number of nitrogens with zero attached hydrogens (tertiary/aromatic N) is 3. The lowest BCUT2D eigenvalue weighted by Gasteiger charge is -2.24. The van der Waals surface area contributed by atoms with Gasteiger partial charge in [-0.1, -0.05) is 6.08 Å². The van der Waals surface area contributed by atoms with E-state index >= 15 is 0 Å². The second-order valence-electron chi connectivity index (χ2n) is 6.16. The first-order valence-electron chi connectivity index (χ1n) is 8.24. The van der Waals surface area contributed by atoms with Gasteiger partial charge >= 0.3 is 0 Å². The summed E-state index contributed by atoms with van der Waals surface area (Å²) < 4.78 is 7.49. The van der Waals surface area contributed by atoms with Gasteiger partial charge in [0.25, 0.3) is 0 Å². The van der Waals surface area contributed by atoms with Crippen LogP contribution < -0.4 is 10.2 Å². The lowest BCUT2D eigenvalue weighted by molar-refractivity contribution is 0.292. The van der Waals surface area contributed by atoms with Crippen molar-refractivity contribution in [2.45, 2.75) is 13.3 Å². The molecular formula is C18H22N4O. The maximum Gasteiger partial charge on any atom is 0.139 e. The minimum absolute atomic E-state index is 0.587. The van der Waals surface area contributed by atoms with E-state index in [9.17, 15) is 0 Å². The molecule has 0 atom stereocenters. The van der Waals surface area contributed by atoms with Crippen molar-refractivity contribution in [3.63, 3.8) is 0 Å². The van der Waals surface area contributed by atoms with Gasteiger partial charge in [0.05, 0.1) is 12.0 Å². The van der Waals surface area contributed by atoms with Crippen LogP contribution in [0.5, 0.6) is 0 Å². The monoisotopic (exact) mass is 310 g/mol. The second kappa shape index (κ2) is 6.08. The van der Waals surface area contributed by atoms with E-state index in [1.54, 1.807) is 6.26 Å². The van der Waals surface area contributed by atoms with E-state index in [1.165, 1.54) is 17.7 Å². The molecule has 0 spiro atoms. The molecule has 5 nitrogen and oxygen atoms in total. The molecule has 23 heavy (non-hydrogen) atoms. The molecule has 1 saturated heterocycles. The maximum absolute atomic E-state index is 5.38. The van der Waals surface area contributed by atoms with Gasteiger partial charge in [0.15, 0.2) is 0 Å². The van der Waals surface area contributed by atoms with Gasteiger partial charge in [-0.05, 0) is 31.5 Å². The van der Waals surface area contributed by atoms with E-state index in [-0.39, 0.29) is 0 Å². The van der Waals surface area contributed by atoms with E-state index in [2.05, 4.69) is 46.1 Å². The van der Waals surface area contributed by atoms with Crippen molar-refractivity contribution < 1.29 is 4.74 Å². The molecule has 2 aliphatic heterocycles. The topological polar surface area (TPSA) is 41.8 Å². The Kier molecular flexibility index (Phi) is 3.79. The summed E-state index contributed by atoms with van der Waals surface area (Å²) in [5.74, 6) is 0. The van der Waals surface area contributed by atoms with E-state index < -0.39 is 0 Å². The summed E-state index contributed by atoms with van der Waals surface area (Å²) in [5.41, 5.74) is 5.69. The van der Waals surface area contributed by atoms with Crippen LogP contribution in [0, 0.1) is 6.92 Å². The normalized spacial score (nSPS) is 18.7. The van der Waals surface area contributed by atoms with Crippen LogP contribution in [0.15, 0.2) is 36.9 Å². The number of anilines is 1. The third kappa shape index (κ3) is 2.84. The quantitative estimate of drug-likeness (QED) is 0.925. The summed E-state index contributed by atoms with van der Waals surface area (Å²) in [6.45, 7) is 7.06. The molecule has 2 aromatic rings. The number of fused-ring (bicyclic) bond motifs is 1. The number of pyridine rings is 1. The number of allylic oxidation sites excluding steroid dienone is 2. The fraction of sp³-hybridized carbons (Fsp3) is 0.389. The highest BCUT2D eigenvalue weighted by Gasteiger charge is 2.15. The Morgan fingerprint density at radius 1 is 1.22 bits per heavy atom. The zero-order valence-electron chi connectivity index (χ0n) is 13.5. The van der Waals surface area contributed by atoms with Crippen LogP contribution in [-0.2, 0) is 4.74 Å². The van der Waals surface area contributed by atoms with E-state index in [0.717, 1.165) is 43.1 Å². The van der Waals surface area contributed by atoms with Crippen molar-refractivity contribution in [3.05, 3.63) is 48.1 Å². The first kappa shape index (κ1) is 14.3. The fourth-order valence-corrected chi connectivity index (χ4v) is 3.27. The molecule has 2 aromatic heterocycles. The SMILES string of the molecule is Cc1cn2cc(C3=CC=COC3)nc2cc1N1CCCNCC1. The average molecular weight is 310 g/mol. The second-order valence-corrected chi connectivity index (χ2v) is 6.16. The standard InChI is InChI=1S/C18H22N4O/c1-14-11-22-12-16(15-4-2-9-23-13-15)20-18(22)10-17(14)21-7-3-5-19-6-8-21/h2,4,9-12,19H,3,5-8,13H2,1H3. The Labute approximate surface area is 136 Å². The summed E-state index contributed by atoms with van der Waals surface area (Å²) >= 11 is 0. The molecule has 0 amide bonds. The molecule has 4 heterocycles. The highest BCUT2D eigenvalue weighted by atomic mass is 16.5. The molecular weight excluding hydrogens is 288 g/mol. The fourth-order valence-electron chi connectivity index (χ4n) is 3.27. The van der Waals surface area contributed by atoms with Crippen molar-refractivity contribution in [3.8, 4) is 0 Å². The molecule has 0 aliphatic carbocycles. The predicted molar refractivity (Wildman–Crippen MR) is 92.7 cm³/mol. The minimum Gasteiger partial charge on any atom is -0.496 e. The summed E-state index contributed by atoms with van der Waals surface area (Å²) in [7, 11) is 0. The van der Waals surface area contributed by atoms with E-state index in [4.69, 9.17) is 9.72 Å². The van der Waals surface area contributed by atoms with Crippen LogP contribution in [-0.4, -0.2) is 42.2 Å². The highest BCUT2D eigenvalue weighted by molar-refractivity contribution is 5.69. The number of aromatic nitrogens is 2. The van der Waals surface area contributed by atoms with E-state index in [1.807, 2.05) is 6.08 Å². The van der Waals surface area contributed by atoms with Crippen LogP contribution in [0.4, 0.5) is 5.69 Å². The third-order valence-electron chi connectivity index (χ3n) is 4.48. The van der Waals surface area contributed by atoms with Crippen LogP contribution >= 0.6 is 0 Å². The zero-order valence-corrected chi connectivity index (χ0v) is 13.5. The van der Waals surface area contributed by atoms with Gasteiger partial charge in [0.1, 0.15) is 12.3 Å². The molecule has 0 unspecified atom stereocenters. The number of aryl methyl sites for hydroxylation is 1. The Morgan fingerprint density at radius 2 is 2.17 bits per heavy atom. The molecule has 4 rings (SSSR count). The highest BCUT2D eigenvalue weighted by Crippen LogP contribution is 2.25. The van der Waals surface area contributed by atoms with E-state index in [0.29, 0.717) is 6.61 Å². The molecule has 5 heteroatoms. The number of ether oxygens (including phenoxy) is 1. The molecule has 2 aliphatic rings. The van der Waals surface area contributed by atoms with Gasteiger partial charge < -0.3 is 19.4 Å². The van der Waals surface area contributed by atoms with Gasteiger partial charge in [-0.25, -0.2) is 4.98 Å². The minimum atomic E-state index is 0.587. The Bertz CT molecular complexity index is 767. The zero-order chi connectivity index (χ0) is 15.6. The molecule has 0 radical (unpaired) electrons. The van der Waals surface area contributed by atoms with Gasteiger partial charge in [0.2, 0.25) is 0 Å². The van der Waals surface area contributed by atoms with Crippen LogP contribution in [0.3, 0.4) is 0 Å². The Morgan fingerprint density at radius 3 is 3.04 bits per heavy atom. The average Bonchev–Trinajstić information content (AvgIpc) is 2.80. The van der Waals surface area contributed by atoms with Crippen molar-refractivity contribution in [1.82, 2.24) is 14.7 Å². The van der Waals surface area contributed by atoms with Crippen molar-refractivity contribution in [2.24, 2.45) is 0 Å². The lowest BCUT2D eigenvalue weighted by Crippen LogP contribution is -2.28. The molecule has 0 saturated carbocycles. The van der Waals surface area contributed by atoms with Gasteiger partial charge in [-0.3, -0.25) is 0 Å². The molecule has 1 fully saturated rings. The summed E-state index contributed by atoms with van der Waals surface area (Å²) in [6.07, 6.45) is 11.2. The molecule has 120 valence electrons. The number of imidazole rings is 1. The smallest absolute Gasteiger partial charge is 0.139 e. The number of nitrogens with one attached hydrogen (secondary N) is 1. The first-order valence-corrected chi connectivity index (χ1v) is 8.24. The summed E-state index contributed by atoms with van der Waals surface area (Å²) in [6, 6.07) is 2.21. The number of hydrogen-bond acceptors (Lipinski definition) is 4. The molecule has 0 aromatic carbocycles. The van der Waals surface area contributed by atoms with Gasteiger partial charge in [-0.15, -0.1) is 0 Å². The van der Waals surface area contributed by atoms with Gasteiger partial charge in [-0.2, -0.15) is 0 Å². The summed E-state index contributed by atoms with van der Waals surface area (Å²) in [4.78, 5) is 7.26. The van der Waals surface area contributed by atoms with Crippen molar-refractivity contribution >= 4 is 16.9 Å². The third-order valence-corrected chi connectivity index (χ3v) is 4.48. The van der Waals surface area contributed by atoms with Crippen molar-refractivity contribution in [2.75, 3.05) is 37.7 Å². The largest absolute Gasteiger partial charge is 0.496 e. The maximum atomic E-state index is 5.38. The predicted octanol–water partition coefficient (Wildman–Crippen LogP) is 2.37. The van der Waals surface area contributed by atoms with Crippen LogP contribution in [0.25, 0.3) is 11.2 Å². The number of rotatable bonds is 2. The summed E-state index contributed by atoms with van der Waals surface area (Å²) in [5, 5.41) is 3.46.